The molecule has 3 aromatic rings. The first kappa shape index (κ1) is 17.1. The predicted molar refractivity (Wildman–Crippen MR) is 103 cm³/mol. The third-order valence-electron chi connectivity index (χ3n) is 4.44. The van der Waals surface area contributed by atoms with E-state index in [9.17, 15) is 10.1 Å². The van der Waals surface area contributed by atoms with Crippen molar-refractivity contribution in [2.75, 3.05) is 18.5 Å². The summed E-state index contributed by atoms with van der Waals surface area (Å²) in [6.07, 6.45) is 0.864. The Labute approximate surface area is 156 Å². The molecule has 0 amide bonds. The maximum Gasteiger partial charge on any atom is 0.295 e. The Morgan fingerprint density at radius 1 is 1.15 bits per heavy atom. The fraction of sp³-hybridized carbons (Fsp3) is 0.250. The number of nitrogens with zero attached hydrogens (tertiary/aromatic N) is 2. The SMILES string of the molecule is Cc1cc(NCc2ccc3c(c2)OCCCO3)c2cccc([N+](=O)[O-])c2n1. The van der Waals surface area contributed by atoms with Crippen LogP contribution in [0.3, 0.4) is 0 Å². The van der Waals surface area contributed by atoms with Crippen LogP contribution in [0.1, 0.15) is 17.7 Å². The minimum Gasteiger partial charge on any atom is -0.490 e. The number of non-ortho nitro benzene ring substituents is 1. The Balaban J connectivity index is 1.63. The van der Waals surface area contributed by atoms with Crippen molar-refractivity contribution in [1.82, 2.24) is 4.98 Å². The Morgan fingerprint density at radius 3 is 2.78 bits per heavy atom. The zero-order chi connectivity index (χ0) is 18.8. The first-order chi connectivity index (χ1) is 13.1. The Hall–Kier alpha value is -3.35. The van der Waals surface area contributed by atoms with Gasteiger partial charge in [0.05, 0.1) is 18.1 Å². The van der Waals surface area contributed by atoms with E-state index in [1.165, 1.54) is 6.07 Å². The van der Waals surface area contributed by atoms with Gasteiger partial charge in [-0.2, -0.15) is 0 Å². The second kappa shape index (κ2) is 7.11. The van der Waals surface area contributed by atoms with Gasteiger partial charge in [0.15, 0.2) is 17.0 Å². The molecule has 7 heteroatoms. The van der Waals surface area contributed by atoms with Crippen LogP contribution in [-0.2, 0) is 6.54 Å². The molecule has 2 aromatic carbocycles. The van der Waals surface area contributed by atoms with Gasteiger partial charge in [0.25, 0.3) is 5.69 Å². The summed E-state index contributed by atoms with van der Waals surface area (Å²) >= 11 is 0. The highest BCUT2D eigenvalue weighted by molar-refractivity contribution is 5.96. The van der Waals surface area contributed by atoms with Crippen LogP contribution in [0.4, 0.5) is 11.4 Å². The molecule has 7 nitrogen and oxygen atoms in total. The number of nitrogens with one attached hydrogen (secondary N) is 1. The number of aryl methyl sites for hydroxylation is 1. The van der Waals surface area contributed by atoms with Gasteiger partial charge in [0, 0.05) is 35.8 Å². The molecule has 0 atom stereocenters. The van der Waals surface area contributed by atoms with Gasteiger partial charge in [-0.05, 0) is 30.7 Å². The maximum absolute atomic E-state index is 11.3. The molecule has 1 N–H and O–H groups in total. The number of aromatic nitrogens is 1. The van der Waals surface area contributed by atoms with Crippen LogP contribution in [0.2, 0.25) is 0 Å². The molecular formula is C20H19N3O4. The van der Waals surface area contributed by atoms with Gasteiger partial charge in [0.1, 0.15) is 0 Å². The van der Waals surface area contributed by atoms with Crippen LogP contribution in [-0.4, -0.2) is 23.1 Å². The second-order valence-corrected chi connectivity index (χ2v) is 6.43. The minimum absolute atomic E-state index is 0.00910. The smallest absolute Gasteiger partial charge is 0.295 e. The molecule has 0 radical (unpaired) electrons. The summed E-state index contributed by atoms with van der Waals surface area (Å²) in [6.45, 7) is 3.68. The van der Waals surface area contributed by atoms with Crippen molar-refractivity contribution in [3.63, 3.8) is 0 Å². The summed E-state index contributed by atoms with van der Waals surface area (Å²) in [5.74, 6) is 1.51. The summed E-state index contributed by atoms with van der Waals surface area (Å²) in [5, 5.41) is 15.4. The second-order valence-electron chi connectivity index (χ2n) is 6.43. The lowest BCUT2D eigenvalue weighted by Crippen LogP contribution is -2.03. The minimum atomic E-state index is -0.400. The molecule has 0 spiro atoms. The Kier molecular flexibility index (Phi) is 4.50. The van der Waals surface area contributed by atoms with E-state index in [-0.39, 0.29) is 5.69 Å². The van der Waals surface area contributed by atoms with Gasteiger partial charge in [0.2, 0.25) is 0 Å². The van der Waals surface area contributed by atoms with Gasteiger partial charge >= 0.3 is 0 Å². The van der Waals surface area contributed by atoms with E-state index in [1.807, 2.05) is 37.3 Å². The van der Waals surface area contributed by atoms with Crippen LogP contribution in [0.25, 0.3) is 10.9 Å². The zero-order valence-corrected chi connectivity index (χ0v) is 14.9. The first-order valence-corrected chi connectivity index (χ1v) is 8.79. The van der Waals surface area contributed by atoms with Crippen molar-refractivity contribution in [1.29, 1.82) is 0 Å². The number of benzene rings is 2. The summed E-state index contributed by atoms with van der Waals surface area (Å²) in [6, 6.07) is 12.8. The summed E-state index contributed by atoms with van der Waals surface area (Å²) in [7, 11) is 0. The van der Waals surface area contributed by atoms with E-state index in [0.29, 0.717) is 25.3 Å². The van der Waals surface area contributed by atoms with Crippen LogP contribution >= 0.6 is 0 Å². The van der Waals surface area contributed by atoms with E-state index >= 15 is 0 Å². The molecule has 4 rings (SSSR count). The summed E-state index contributed by atoms with van der Waals surface area (Å²) in [5.41, 5.74) is 2.97. The highest BCUT2D eigenvalue weighted by atomic mass is 16.6. The van der Waals surface area contributed by atoms with Crippen molar-refractivity contribution in [2.24, 2.45) is 0 Å². The Bertz CT molecular complexity index is 1020. The molecule has 0 saturated carbocycles. The van der Waals surface area contributed by atoms with E-state index in [0.717, 1.165) is 40.3 Å². The molecule has 0 aliphatic carbocycles. The summed E-state index contributed by atoms with van der Waals surface area (Å²) < 4.78 is 11.4. The largest absolute Gasteiger partial charge is 0.490 e. The quantitative estimate of drug-likeness (QED) is 0.550. The lowest BCUT2D eigenvalue weighted by atomic mass is 10.1. The number of hydrogen-bond acceptors (Lipinski definition) is 6. The number of nitro groups is 1. The number of rotatable bonds is 4. The van der Waals surface area contributed by atoms with Crippen LogP contribution in [0.5, 0.6) is 11.5 Å². The monoisotopic (exact) mass is 365 g/mol. The Morgan fingerprint density at radius 2 is 1.96 bits per heavy atom. The van der Waals surface area contributed by atoms with Crippen molar-refractivity contribution in [3.05, 3.63) is 63.8 Å². The molecule has 0 saturated heterocycles. The molecular weight excluding hydrogens is 346 g/mol. The van der Waals surface area contributed by atoms with Gasteiger partial charge in [-0.1, -0.05) is 18.2 Å². The highest BCUT2D eigenvalue weighted by Crippen LogP contribution is 2.32. The van der Waals surface area contributed by atoms with Crippen molar-refractivity contribution in [2.45, 2.75) is 19.9 Å². The number of para-hydroxylation sites is 1. The molecule has 0 unspecified atom stereocenters. The number of hydrogen-bond donors (Lipinski definition) is 1. The maximum atomic E-state index is 11.3. The average molecular weight is 365 g/mol. The molecule has 1 aromatic heterocycles. The van der Waals surface area contributed by atoms with E-state index in [2.05, 4.69) is 10.3 Å². The number of pyridine rings is 1. The molecule has 138 valence electrons. The molecule has 2 heterocycles. The molecule has 1 aliphatic heterocycles. The normalized spacial score (nSPS) is 13.2. The van der Waals surface area contributed by atoms with E-state index in [1.54, 1.807) is 6.07 Å². The predicted octanol–water partition coefficient (Wildman–Crippen LogP) is 4.22. The van der Waals surface area contributed by atoms with Crippen molar-refractivity contribution in [3.8, 4) is 11.5 Å². The average Bonchev–Trinajstić information content (AvgIpc) is 2.90. The first-order valence-electron chi connectivity index (χ1n) is 8.79. The third kappa shape index (κ3) is 3.48. The molecule has 1 aliphatic rings. The van der Waals surface area contributed by atoms with Crippen LogP contribution in [0, 0.1) is 17.0 Å². The van der Waals surface area contributed by atoms with Gasteiger partial charge in [-0.3, -0.25) is 10.1 Å². The fourth-order valence-corrected chi connectivity index (χ4v) is 3.17. The standard InChI is InChI=1S/C20H19N3O4/c1-13-10-16(15-4-2-5-17(23(24)25)20(15)22-13)21-12-14-6-7-18-19(11-14)27-9-3-8-26-18/h2,4-7,10-11H,3,8-9,12H2,1H3,(H,21,22). The van der Waals surface area contributed by atoms with Crippen LogP contribution < -0.4 is 14.8 Å². The number of ether oxygens (including phenoxy) is 2. The number of fused-ring (bicyclic) bond motifs is 2. The van der Waals surface area contributed by atoms with Crippen LogP contribution in [0.15, 0.2) is 42.5 Å². The summed E-state index contributed by atoms with van der Waals surface area (Å²) in [4.78, 5) is 15.3. The topological polar surface area (TPSA) is 86.5 Å². The fourth-order valence-electron chi connectivity index (χ4n) is 3.17. The van der Waals surface area contributed by atoms with E-state index in [4.69, 9.17) is 9.47 Å². The van der Waals surface area contributed by atoms with Gasteiger partial charge in [-0.15, -0.1) is 0 Å². The van der Waals surface area contributed by atoms with Gasteiger partial charge in [-0.25, -0.2) is 4.98 Å². The molecule has 0 bridgehead atoms. The number of nitro benzene ring substituents is 1. The molecule has 27 heavy (non-hydrogen) atoms. The lowest BCUT2D eigenvalue weighted by Gasteiger charge is -2.13. The van der Waals surface area contributed by atoms with Gasteiger partial charge < -0.3 is 14.8 Å². The number of anilines is 1. The zero-order valence-electron chi connectivity index (χ0n) is 14.9. The van der Waals surface area contributed by atoms with Crippen molar-refractivity contribution >= 4 is 22.3 Å². The lowest BCUT2D eigenvalue weighted by molar-refractivity contribution is -0.383. The van der Waals surface area contributed by atoms with E-state index < -0.39 is 4.92 Å². The third-order valence-corrected chi connectivity index (χ3v) is 4.44. The highest BCUT2D eigenvalue weighted by Gasteiger charge is 2.16. The molecule has 0 fully saturated rings. The van der Waals surface area contributed by atoms with Crippen molar-refractivity contribution < 1.29 is 14.4 Å².